The van der Waals surface area contributed by atoms with Crippen molar-refractivity contribution in [1.82, 2.24) is 4.72 Å². The average molecular weight is 410 g/mol. The molecule has 1 aromatic rings. The Bertz CT molecular complexity index is 709. The van der Waals surface area contributed by atoms with Crippen LogP contribution in [0.25, 0.3) is 0 Å². The van der Waals surface area contributed by atoms with Crippen molar-refractivity contribution in [3.8, 4) is 0 Å². The highest BCUT2D eigenvalue weighted by Gasteiger charge is 2.16. The monoisotopic (exact) mass is 409 g/mol. The molecule has 0 fully saturated rings. The second-order valence-electron chi connectivity index (χ2n) is 7.90. The normalized spacial score (nSPS) is 13.0. The van der Waals surface area contributed by atoms with E-state index in [1.807, 2.05) is 46.8 Å². The molecule has 0 aromatic heterocycles. The number of allylic oxidation sites excluding steroid dienone is 4. The van der Waals surface area contributed by atoms with Gasteiger partial charge in [0.2, 0.25) is 10.0 Å². The number of aryl methyl sites for hydroxylation is 1. The Morgan fingerprint density at radius 1 is 0.964 bits per heavy atom. The molecular formula is C23H39NO3S. The van der Waals surface area contributed by atoms with Gasteiger partial charge in [-0.25, -0.2) is 13.1 Å². The van der Waals surface area contributed by atoms with Crippen molar-refractivity contribution in [1.29, 1.82) is 0 Å². The Morgan fingerprint density at radius 3 is 1.86 bits per heavy atom. The quantitative estimate of drug-likeness (QED) is 0.528. The van der Waals surface area contributed by atoms with Crippen molar-refractivity contribution in [3.05, 3.63) is 53.1 Å². The molecule has 0 aliphatic rings. The predicted molar refractivity (Wildman–Crippen MR) is 120 cm³/mol. The first-order valence-electron chi connectivity index (χ1n) is 9.97. The van der Waals surface area contributed by atoms with Gasteiger partial charge in [0.15, 0.2) is 0 Å². The molecule has 0 amide bonds. The number of nitrogens with one attached hydrogen (secondary N) is 1. The first-order chi connectivity index (χ1) is 12.9. The first-order valence-corrected chi connectivity index (χ1v) is 11.5. The van der Waals surface area contributed by atoms with Crippen molar-refractivity contribution in [2.24, 2.45) is 0 Å². The summed E-state index contributed by atoms with van der Waals surface area (Å²) < 4.78 is 27.0. The molecule has 1 aromatic carbocycles. The third-order valence-corrected chi connectivity index (χ3v) is 5.58. The summed E-state index contributed by atoms with van der Waals surface area (Å²) >= 11 is 0. The third kappa shape index (κ3) is 13.7. The molecule has 1 rings (SSSR count). The van der Waals surface area contributed by atoms with Crippen LogP contribution in [0, 0.1) is 6.92 Å². The van der Waals surface area contributed by atoms with Crippen molar-refractivity contribution in [2.75, 3.05) is 0 Å². The van der Waals surface area contributed by atoms with Crippen molar-refractivity contribution < 1.29 is 13.5 Å². The van der Waals surface area contributed by atoms with Crippen LogP contribution in [0.4, 0.5) is 0 Å². The number of hydrogen-bond donors (Lipinski definition) is 2. The Kier molecular flexibility index (Phi) is 13.0. The van der Waals surface area contributed by atoms with E-state index in [4.69, 9.17) is 5.11 Å². The van der Waals surface area contributed by atoms with Gasteiger partial charge in [-0.2, -0.15) is 0 Å². The van der Waals surface area contributed by atoms with Crippen LogP contribution in [0.15, 0.2) is 52.5 Å². The summed E-state index contributed by atoms with van der Waals surface area (Å²) in [6.07, 6.45) is 7.69. The minimum absolute atomic E-state index is 0.0677. The summed E-state index contributed by atoms with van der Waals surface area (Å²) in [6, 6.07) is 6.83. The lowest BCUT2D eigenvalue weighted by Crippen LogP contribution is -2.32. The number of benzene rings is 1. The van der Waals surface area contributed by atoms with Crippen LogP contribution in [-0.2, 0) is 10.0 Å². The van der Waals surface area contributed by atoms with E-state index in [0.717, 1.165) is 31.2 Å². The highest BCUT2D eigenvalue weighted by molar-refractivity contribution is 7.89. The van der Waals surface area contributed by atoms with Gasteiger partial charge in [0.05, 0.1) is 11.0 Å². The lowest BCUT2D eigenvalue weighted by atomic mass is 10.1. The van der Waals surface area contributed by atoms with Crippen LogP contribution in [0.1, 0.15) is 72.8 Å². The highest BCUT2D eigenvalue weighted by atomic mass is 32.2. The molecule has 28 heavy (non-hydrogen) atoms. The predicted octanol–water partition coefficient (Wildman–Crippen LogP) is 5.52. The Hall–Kier alpha value is -1.43. The smallest absolute Gasteiger partial charge is 0.240 e. The molecule has 0 spiro atoms. The van der Waals surface area contributed by atoms with E-state index in [1.54, 1.807) is 12.1 Å². The second kappa shape index (κ2) is 13.7. The van der Waals surface area contributed by atoms with Crippen LogP contribution in [-0.4, -0.2) is 25.7 Å². The van der Waals surface area contributed by atoms with Gasteiger partial charge in [0.25, 0.3) is 0 Å². The molecule has 4 nitrogen and oxygen atoms in total. The SMILES string of the molecule is CC(C)=CCCC(C)NS(=O)(=O)c1ccc(C)cc1.CC(C)=CCCC(C)O. The van der Waals surface area contributed by atoms with Gasteiger partial charge in [-0.15, -0.1) is 0 Å². The number of rotatable bonds is 9. The van der Waals surface area contributed by atoms with E-state index >= 15 is 0 Å². The maximum absolute atomic E-state index is 12.1. The van der Waals surface area contributed by atoms with E-state index in [9.17, 15) is 8.42 Å². The maximum Gasteiger partial charge on any atom is 0.240 e. The molecule has 2 atom stereocenters. The molecule has 0 bridgehead atoms. The van der Waals surface area contributed by atoms with Crippen molar-refractivity contribution in [3.63, 3.8) is 0 Å². The van der Waals surface area contributed by atoms with E-state index in [1.165, 1.54) is 11.1 Å². The largest absolute Gasteiger partial charge is 0.393 e. The van der Waals surface area contributed by atoms with Crippen LogP contribution in [0.3, 0.4) is 0 Å². The molecule has 5 heteroatoms. The van der Waals surface area contributed by atoms with Gasteiger partial charge in [-0.05, 0) is 86.3 Å². The molecule has 0 saturated carbocycles. The highest BCUT2D eigenvalue weighted by Crippen LogP contribution is 2.12. The Balaban J connectivity index is 0.000000684. The Morgan fingerprint density at radius 2 is 1.43 bits per heavy atom. The van der Waals surface area contributed by atoms with E-state index in [-0.39, 0.29) is 12.1 Å². The Labute approximate surface area is 172 Å². The minimum atomic E-state index is -3.40. The number of hydrogen-bond acceptors (Lipinski definition) is 3. The fraction of sp³-hybridized carbons (Fsp3) is 0.565. The van der Waals surface area contributed by atoms with Crippen LogP contribution in [0.2, 0.25) is 0 Å². The summed E-state index contributed by atoms with van der Waals surface area (Å²) in [6.45, 7) is 13.9. The fourth-order valence-corrected chi connectivity index (χ4v) is 3.62. The lowest BCUT2D eigenvalue weighted by molar-refractivity contribution is 0.186. The van der Waals surface area contributed by atoms with Gasteiger partial charge < -0.3 is 5.11 Å². The number of aliphatic hydroxyl groups is 1. The zero-order valence-electron chi connectivity index (χ0n) is 18.6. The zero-order valence-corrected chi connectivity index (χ0v) is 19.4. The van der Waals surface area contributed by atoms with Crippen LogP contribution >= 0.6 is 0 Å². The maximum atomic E-state index is 12.1. The summed E-state index contributed by atoms with van der Waals surface area (Å²) in [5.41, 5.74) is 3.64. The van der Waals surface area contributed by atoms with Crippen molar-refractivity contribution in [2.45, 2.75) is 91.2 Å². The zero-order chi connectivity index (χ0) is 21.7. The fourth-order valence-electron chi connectivity index (χ4n) is 2.34. The number of aliphatic hydroxyl groups excluding tert-OH is 1. The standard InChI is InChI=1S/C15H23NO2S.C8H16O/c1-12(2)6-5-7-14(4)16-19(17,18)15-10-8-13(3)9-11-15;1-7(2)5-4-6-8(3)9/h6,8-11,14,16H,5,7H2,1-4H3;5,8-9H,4,6H2,1-3H3. The molecule has 0 radical (unpaired) electrons. The molecule has 0 heterocycles. The van der Waals surface area contributed by atoms with Gasteiger partial charge in [-0.3, -0.25) is 0 Å². The van der Waals surface area contributed by atoms with Gasteiger partial charge in [0, 0.05) is 6.04 Å². The topological polar surface area (TPSA) is 66.4 Å². The van der Waals surface area contributed by atoms with E-state index in [2.05, 4.69) is 30.7 Å². The van der Waals surface area contributed by atoms with Crippen LogP contribution in [0.5, 0.6) is 0 Å². The molecule has 0 saturated heterocycles. The molecular weight excluding hydrogens is 370 g/mol. The van der Waals surface area contributed by atoms with Gasteiger partial charge in [0.1, 0.15) is 0 Å². The minimum Gasteiger partial charge on any atom is -0.393 e. The van der Waals surface area contributed by atoms with Crippen LogP contribution < -0.4 is 4.72 Å². The van der Waals surface area contributed by atoms with Crippen molar-refractivity contribution >= 4 is 10.0 Å². The number of sulfonamides is 1. The van der Waals surface area contributed by atoms with E-state index in [0.29, 0.717) is 4.90 Å². The molecule has 0 aliphatic carbocycles. The third-order valence-electron chi connectivity index (χ3n) is 3.98. The lowest BCUT2D eigenvalue weighted by Gasteiger charge is -2.13. The summed E-state index contributed by atoms with van der Waals surface area (Å²) in [5, 5.41) is 8.84. The van der Waals surface area contributed by atoms with Gasteiger partial charge in [-0.1, -0.05) is 41.0 Å². The second-order valence-corrected chi connectivity index (χ2v) is 9.62. The average Bonchev–Trinajstić information content (AvgIpc) is 2.54. The summed E-state index contributed by atoms with van der Waals surface area (Å²) in [7, 11) is -3.40. The molecule has 2 N–H and O–H groups in total. The first kappa shape index (κ1) is 26.6. The molecule has 160 valence electrons. The van der Waals surface area contributed by atoms with E-state index < -0.39 is 10.0 Å². The summed E-state index contributed by atoms with van der Waals surface area (Å²) in [4.78, 5) is 0.326. The summed E-state index contributed by atoms with van der Waals surface area (Å²) in [5.74, 6) is 0. The molecule has 2 unspecified atom stereocenters. The molecule has 0 aliphatic heterocycles. The van der Waals surface area contributed by atoms with Gasteiger partial charge >= 0.3 is 0 Å².